The first-order valence-corrected chi connectivity index (χ1v) is 5.89. The summed E-state index contributed by atoms with van der Waals surface area (Å²) in [5.41, 5.74) is -0.977. The van der Waals surface area contributed by atoms with Gasteiger partial charge in [-0.3, -0.25) is 0 Å². The van der Waals surface area contributed by atoms with Gasteiger partial charge in [-0.1, -0.05) is 11.6 Å². The monoisotopic (exact) mass is 317 g/mol. The number of benzene rings is 1. The van der Waals surface area contributed by atoms with Gasteiger partial charge >= 0.3 is 12.1 Å². The molecule has 0 aliphatic carbocycles. The van der Waals surface area contributed by atoms with Crippen molar-refractivity contribution in [1.29, 1.82) is 0 Å². The first-order valence-electron chi connectivity index (χ1n) is 5.51. The Kier molecular flexibility index (Phi) is 4.04. The number of ether oxygens (including phenoxy) is 1. The number of carboxylic acids is 1. The molecular weight excluding hydrogens is 311 g/mol. The molecule has 2 rings (SSSR count). The van der Waals surface area contributed by atoms with E-state index in [1.54, 1.807) is 0 Å². The summed E-state index contributed by atoms with van der Waals surface area (Å²) in [6.07, 6.45) is -3.56. The zero-order valence-electron chi connectivity index (χ0n) is 10.2. The molecule has 1 heterocycles. The molecule has 2 aromatic rings. The van der Waals surface area contributed by atoms with Crippen LogP contribution in [0.25, 0.3) is 0 Å². The molecule has 0 aliphatic heterocycles. The average Bonchev–Trinajstić information content (AvgIpc) is 2.40. The van der Waals surface area contributed by atoms with Crippen LogP contribution in [0.1, 0.15) is 15.9 Å². The number of halogens is 4. The lowest BCUT2D eigenvalue weighted by Gasteiger charge is -2.10. The normalized spacial score (nSPS) is 11.2. The van der Waals surface area contributed by atoms with Crippen LogP contribution in [0.2, 0.25) is 5.02 Å². The molecule has 1 aromatic carbocycles. The van der Waals surface area contributed by atoms with Gasteiger partial charge in [-0.2, -0.15) is 13.2 Å². The molecule has 1 N–H and O–H groups in total. The zero-order chi connectivity index (χ0) is 15.6. The van der Waals surface area contributed by atoms with E-state index >= 15 is 0 Å². The molecule has 21 heavy (non-hydrogen) atoms. The summed E-state index contributed by atoms with van der Waals surface area (Å²) in [4.78, 5) is 14.4. The summed E-state index contributed by atoms with van der Waals surface area (Å²) < 4.78 is 42.8. The Morgan fingerprint density at radius 2 is 1.95 bits per heavy atom. The van der Waals surface area contributed by atoms with E-state index in [0.29, 0.717) is 0 Å². The number of alkyl halides is 3. The second-order valence-corrected chi connectivity index (χ2v) is 4.34. The quantitative estimate of drug-likeness (QED) is 0.919. The lowest BCUT2D eigenvalue weighted by Crippen LogP contribution is -2.05. The lowest BCUT2D eigenvalue weighted by atomic mass is 10.2. The van der Waals surface area contributed by atoms with Crippen molar-refractivity contribution in [3.05, 3.63) is 52.7 Å². The van der Waals surface area contributed by atoms with Gasteiger partial charge in [0.15, 0.2) is 0 Å². The van der Waals surface area contributed by atoms with Crippen LogP contribution < -0.4 is 4.74 Å². The largest absolute Gasteiger partial charge is 0.478 e. The maximum atomic E-state index is 12.6. The van der Waals surface area contributed by atoms with Gasteiger partial charge in [0, 0.05) is 12.3 Å². The number of pyridine rings is 1. The molecular formula is C13H7ClF3NO3. The standard InChI is InChI=1S/C13H7ClF3NO3/c14-9-5-7(12(19)20)1-2-10(9)21-11-6-8(3-4-18-11)13(15,16)17/h1-6H,(H,19,20). The van der Waals surface area contributed by atoms with Gasteiger partial charge in [-0.15, -0.1) is 0 Å². The number of aromatic carboxylic acids is 1. The third kappa shape index (κ3) is 3.63. The fraction of sp³-hybridized carbons (Fsp3) is 0.0769. The predicted octanol–water partition coefficient (Wildman–Crippen LogP) is 4.24. The third-order valence-electron chi connectivity index (χ3n) is 2.46. The molecule has 0 bridgehead atoms. The van der Waals surface area contributed by atoms with Crippen molar-refractivity contribution in [1.82, 2.24) is 4.98 Å². The maximum Gasteiger partial charge on any atom is 0.416 e. The predicted molar refractivity (Wildman–Crippen MR) is 67.7 cm³/mol. The lowest BCUT2D eigenvalue weighted by molar-refractivity contribution is -0.137. The Labute approximate surface area is 121 Å². The molecule has 0 saturated carbocycles. The maximum absolute atomic E-state index is 12.6. The number of aromatic nitrogens is 1. The third-order valence-corrected chi connectivity index (χ3v) is 2.75. The van der Waals surface area contributed by atoms with Crippen molar-refractivity contribution in [2.75, 3.05) is 0 Å². The minimum absolute atomic E-state index is 0.00786. The molecule has 0 atom stereocenters. The summed E-state index contributed by atoms with van der Waals surface area (Å²) in [6, 6.07) is 5.13. The van der Waals surface area contributed by atoms with Crippen LogP contribution in [0.5, 0.6) is 11.6 Å². The van der Waals surface area contributed by atoms with Gasteiger partial charge in [0.2, 0.25) is 5.88 Å². The Hall–Kier alpha value is -2.28. The van der Waals surface area contributed by atoms with E-state index in [0.717, 1.165) is 24.4 Å². The number of hydrogen-bond donors (Lipinski definition) is 1. The van der Waals surface area contributed by atoms with Gasteiger partial charge < -0.3 is 9.84 Å². The van der Waals surface area contributed by atoms with Crippen molar-refractivity contribution >= 4 is 17.6 Å². The highest BCUT2D eigenvalue weighted by atomic mass is 35.5. The van der Waals surface area contributed by atoms with E-state index in [4.69, 9.17) is 21.4 Å². The average molecular weight is 318 g/mol. The van der Waals surface area contributed by atoms with E-state index in [1.807, 2.05) is 0 Å². The second kappa shape index (κ2) is 5.61. The highest BCUT2D eigenvalue weighted by Gasteiger charge is 2.31. The summed E-state index contributed by atoms with van der Waals surface area (Å²) in [6.45, 7) is 0. The summed E-state index contributed by atoms with van der Waals surface area (Å²) in [5.74, 6) is -1.47. The van der Waals surface area contributed by atoms with E-state index in [2.05, 4.69) is 4.98 Å². The molecule has 8 heteroatoms. The first kappa shape index (κ1) is 15.1. The summed E-state index contributed by atoms with van der Waals surface area (Å²) >= 11 is 5.81. The molecule has 0 fully saturated rings. The van der Waals surface area contributed by atoms with Crippen molar-refractivity contribution in [3.63, 3.8) is 0 Å². The molecule has 0 unspecified atom stereocenters. The smallest absolute Gasteiger partial charge is 0.416 e. The zero-order valence-corrected chi connectivity index (χ0v) is 10.9. The Morgan fingerprint density at radius 3 is 2.52 bits per heavy atom. The minimum atomic E-state index is -4.52. The van der Waals surface area contributed by atoms with Crippen LogP contribution in [0.3, 0.4) is 0 Å². The molecule has 110 valence electrons. The van der Waals surface area contributed by atoms with Crippen molar-refractivity contribution in [2.45, 2.75) is 6.18 Å². The number of carboxylic acid groups (broad SMARTS) is 1. The molecule has 1 aromatic heterocycles. The molecule has 0 spiro atoms. The van der Waals surface area contributed by atoms with Gasteiger partial charge in [0.05, 0.1) is 16.1 Å². The fourth-order valence-electron chi connectivity index (χ4n) is 1.47. The SMILES string of the molecule is O=C(O)c1ccc(Oc2cc(C(F)(F)F)ccn2)c(Cl)c1. The van der Waals surface area contributed by atoms with Gasteiger partial charge in [0.25, 0.3) is 0 Å². The van der Waals surface area contributed by atoms with Crippen molar-refractivity contribution < 1.29 is 27.8 Å². The van der Waals surface area contributed by atoms with Crippen LogP contribution in [-0.2, 0) is 6.18 Å². The molecule has 4 nitrogen and oxygen atoms in total. The highest BCUT2D eigenvalue weighted by Crippen LogP contribution is 2.33. The van der Waals surface area contributed by atoms with E-state index in [1.165, 1.54) is 12.1 Å². The molecule has 0 amide bonds. The first-order chi connectivity index (χ1) is 9.77. The van der Waals surface area contributed by atoms with Crippen molar-refractivity contribution in [2.24, 2.45) is 0 Å². The van der Waals surface area contributed by atoms with Crippen LogP contribution in [0, 0.1) is 0 Å². The van der Waals surface area contributed by atoms with E-state index in [-0.39, 0.29) is 22.2 Å². The fourth-order valence-corrected chi connectivity index (χ4v) is 1.69. The molecule has 0 saturated heterocycles. The van der Waals surface area contributed by atoms with Crippen molar-refractivity contribution in [3.8, 4) is 11.6 Å². The topological polar surface area (TPSA) is 59.4 Å². The Morgan fingerprint density at radius 1 is 1.24 bits per heavy atom. The van der Waals surface area contributed by atoms with Crippen LogP contribution >= 0.6 is 11.6 Å². The Balaban J connectivity index is 2.28. The number of nitrogens with zero attached hydrogens (tertiary/aromatic N) is 1. The minimum Gasteiger partial charge on any atom is -0.478 e. The molecule has 0 aliphatic rings. The van der Waals surface area contributed by atoms with Gasteiger partial charge in [0.1, 0.15) is 5.75 Å². The number of hydrogen-bond acceptors (Lipinski definition) is 3. The summed E-state index contributed by atoms with van der Waals surface area (Å²) in [5, 5.41) is 8.73. The van der Waals surface area contributed by atoms with E-state index in [9.17, 15) is 18.0 Å². The van der Waals surface area contributed by atoms with Crippen LogP contribution in [0.4, 0.5) is 13.2 Å². The summed E-state index contributed by atoms with van der Waals surface area (Å²) in [7, 11) is 0. The van der Waals surface area contributed by atoms with E-state index < -0.39 is 17.7 Å². The molecule has 0 radical (unpaired) electrons. The Bertz CT molecular complexity index is 689. The number of carbonyl (C=O) groups is 1. The highest BCUT2D eigenvalue weighted by molar-refractivity contribution is 6.32. The van der Waals surface area contributed by atoms with Crippen LogP contribution in [-0.4, -0.2) is 16.1 Å². The second-order valence-electron chi connectivity index (χ2n) is 3.93. The van der Waals surface area contributed by atoms with Gasteiger partial charge in [-0.05, 0) is 24.3 Å². The van der Waals surface area contributed by atoms with Gasteiger partial charge in [-0.25, -0.2) is 9.78 Å². The van der Waals surface area contributed by atoms with Crippen LogP contribution in [0.15, 0.2) is 36.5 Å². The number of rotatable bonds is 3.